The van der Waals surface area contributed by atoms with Gasteiger partial charge < -0.3 is 10.1 Å². The normalized spacial score (nSPS) is 20.8. The summed E-state index contributed by atoms with van der Waals surface area (Å²) in [4.78, 5) is 0. The maximum atomic E-state index is 6.19. The molecule has 104 valence electrons. The second-order valence-electron chi connectivity index (χ2n) is 5.21. The summed E-state index contributed by atoms with van der Waals surface area (Å²) in [7, 11) is 0. The maximum absolute atomic E-state index is 6.19. The van der Waals surface area contributed by atoms with Gasteiger partial charge in [-0.1, -0.05) is 41.1 Å². The van der Waals surface area contributed by atoms with Crippen molar-refractivity contribution >= 4 is 21.6 Å². The first-order chi connectivity index (χ1) is 9.67. The smallest absolute Gasteiger partial charge is 0.144 e. The molecule has 0 radical (unpaired) electrons. The molecule has 1 N–H and O–H groups in total. The monoisotopic (exact) mass is 331 g/mol. The Morgan fingerprint density at radius 2 is 1.90 bits per heavy atom. The average molecular weight is 332 g/mol. The quantitative estimate of drug-likeness (QED) is 0.840. The Morgan fingerprint density at radius 3 is 2.60 bits per heavy atom. The van der Waals surface area contributed by atoms with Gasteiger partial charge in [0.25, 0.3) is 0 Å². The van der Waals surface area contributed by atoms with Gasteiger partial charge in [0.1, 0.15) is 11.9 Å². The molecule has 2 aromatic carbocycles. The molecule has 0 bridgehead atoms. The first kappa shape index (κ1) is 13.5. The summed E-state index contributed by atoms with van der Waals surface area (Å²) in [5.41, 5.74) is 3.62. The number of halogens is 1. The number of ether oxygens (including phenoxy) is 1. The highest BCUT2D eigenvalue weighted by Crippen LogP contribution is 2.38. The molecule has 0 aliphatic carbocycles. The van der Waals surface area contributed by atoms with E-state index in [4.69, 9.17) is 4.74 Å². The van der Waals surface area contributed by atoms with Crippen LogP contribution in [-0.4, -0.2) is 6.04 Å². The van der Waals surface area contributed by atoms with Gasteiger partial charge in [0.15, 0.2) is 0 Å². The highest BCUT2D eigenvalue weighted by molar-refractivity contribution is 9.10. The lowest BCUT2D eigenvalue weighted by molar-refractivity contribution is 0.177. The predicted octanol–water partition coefficient (Wildman–Crippen LogP) is 4.95. The van der Waals surface area contributed by atoms with Crippen molar-refractivity contribution in [3.05, 3.63) is 58.1 Å². The zero-order chi connectivity index (χ0) is 14.1. The molecule has 2 aromatic rings. The third-order valence-electron chi connectivity index (χ3n) is 3.74. The van der Waals surface area contributed by atoms with Gasteiger partial charge in [-0.15, -0.1) is 0 Å². The fourth-order valence-corrected chi connectivity index (χ4v) is 2.85. The van der Waals surface area contributed by atoms with Crippen LogP contribution in [0.1, 0.15) is 31.1 Å². The van der Waals surface area contributed by atoms with Gasteiger partial charge in [0, 0.05) is 4.47 Å². The molecule has 0 saturated heterocycles. The van der Waals surface area contributed by atoms with E-state index in [0.717, 1.165) is 22.3 Å². The number of hydrogen-bond donors (Lipinski definition) is 1. The Morgan fingerprint density at radius 1 is 1.15 bits per heavy atom. The van der Waals surface area contributed by atoms with Crippen LogP contribution < -0.4 is 10.1 Å². The molecule has 20 heavy (non-hydrogen) atoms. The molecule has 1 aliphatic heterocycles. The van der Waals surface area contributed by atoms with Crippen LogP contribution in [0, 0.1) is 0 Å². The molecule has 0 fully saturated rings. The lowest BCUT2D eigenvalue weighted by Crippen LogP contribution is -2.32. The lowest BCUT2D eigenvalue weighted by atomic mass is 10.0. The fourth-order valence-electron chi connectivity index (χ4n) is 2.58. The third-order valence-corrected chi connectivity index (χ3v) is 4.27. The summed E-state index contributed by atoms with van der Waals surface area (Å²) in [6.45, 7) is 4.33. The number of nitrogens with one attached hydrogen (secondary N) is 1. The lowest BCUT2D eigenvalue weighted by Gasteiger charge is -2.33. The van der Waals surface area contributed by atoms with Gasteiger partial charge >= 0.3 is 0 Å². The highest BCUT2D eigenvalue weighted by Gasteiger charge is 2.27. The molecule has 3 heteroatoms. The molecule has 2 unspecified atom stereocenters. The van der Waals surface area contributed by atoms with Gasteiger partial charge in [0.2, 0.25) is 0 Å². The number of fused-ring (bicyclic) bond motifs is 1. The molecule has 0 spiro atoms. The number of benzene rings is 2. The first-order valence-corrected chi connectivity index (χ1v) is 7.78. The number of anilines is 1. The number of rotatable bonds is 2. The van der Waals surface area contributed by atoms with Gasteiger partial charge in [-0.3, -0.25) is 0 Å². The van der Waals surface area contributed by atoms with Crippen molar-refractivity contribution in [2.45, 2.75) is 32.4 Å². The van der Waals surface area contributed by atoms with E-state index in [9.17, 15) is 0 Å². The second-order valence-corrected chi connectivity index (χ2v) is 6.12. The van der Waals surface area contributed by atoms with Crippen LogP contribution in [0.5, 0.6) is 5.75 Å². The molecule has 0 amide bonds. The Bertz CT molecular complexity index is 609. The van der Waals surface area contributed by atoms with Crippen molar-refractivity contribution in [3.8, 4) is 5.75 Å². The molecular weight excluding hydrogens is 314 g/mol. The fraction of sp³-hybridized carbons (Fsp3) is 0.294. The van der Waals surface area contributed by atoms with Crippen LogP contribution in [0.4, 0.5) is 5.69 Å². The minimum Gasteiger partial charge on any atom is -0.481 e. The van der Waals surface area contributed by atoms with E-state index in [1.807, 2.05) is 0 Å². The largest absolute Gasteiger partial charge is 0.481 e. The summed E-state index contributed by atoms with van der Waals surface area (Å²) in [5.74, 6) is 0.938. The van der Waals surface area contributed by atoms with Crippen molar-refractivity contribution in [3.63, 3.8) is 0 Å². The zero-order valence-corrected chi connectivity index (χ0v) is 13.3. The number of aryl methyl sites for hydroxylation is 1. The summed E-state index contributed by atoms with van der Waals surface area (Å²) in [6, 6.07) is 15.0. The maximum Gasteiger partial charge on any atom is 0.144 e. The molecular formula is C17H18BrNO. The Balaban J connectivity index is 1.90. The Kier molecular flexibility index (Phi) is 3.70. The zero-order valence-electron chi connectivity index (χ0n) is 11.7. The van der Waals surface area contributed by atoms with Crippen molar-refractivity contribution in [2.24, 2.45) is 0 Å². The van der Waals surface area contributed by atoms with Crippen LogP contribution in [0.15, 0.2) is 46.9 Å². The highest BCUT2D eigenvalue weighted by atomic mass is 79.9. The van der Waals surface area contributed by atoms with Crippen molar-refractivity contribution < 1.29 is 4.74 Å². The van der Waals surface area contributed by atoms with Crippen LogP contribution in [0.3, 0.4) is 0 Å². The van der Waals surface area contributed by atoms with Crippen molar-refractivity contribution in [2.75, 3.05) is 5.32 Å². The van der Waals surface area contributed by atoms with Crippen molar-refractivity contribution in [1.82, 2.24) is 0 Å². The number of hydrogen-bond acceptors (Lipinski definition) is 2. The van der Waals surface area contributed by atoms with E-state index < -0.39 is 0 Å². The van der Waals surface area contributed by atoms with E-state index in [0.29, 0.717) is 0 Å². The first-order valence-electron chi connectivity index (χ1n) is 6.99. The summed E-state index contributed by atoms with van der Waals surface area (Å²) in [5, 5.41) is 3.56. The van der Waals surface area contributed by atoms with Gasteiger partial charge in [-0.05, 0) is 48.7 Å². The molecule has 1 aliphatic rings. The summed E-state index contributed by atoms with van der Waals surface area (Å²) < 4.78 is 7.28. The van der Waals surface area contributed by atoms with Gasteiger partial charge in [0.05, 0.1) is 11.7 Å². The topological polar surface area (TPSA) is 21.3 Å². The minimum absolute atomic E-state index is 0.0445. The van der Waals surface area contributed by atoms with E-state index in [2.05, 4.69) is 77.6 Å². The Labute approximate surface area is 128 Å². The van der Waals surface area contributed by atoms with Gasteiger partial charge in [-0.25, -0.2) is 0 Å². The van der Waals surface area contributed by atoms with Crippen molar-refractivity contribution in [1.29, 1.82) is 0 Å². The molecule has 3 rings (SSSR count). The third kappa shape index (κ3) is 2.55. The van der Waals surface area contributed by atoms with Crippen LogP contribution >= 0.6 is 15.9 Å². The molecule has 2 nitrogen and oxygen atoms in total. The van der Waals surface area contributed by atoms with Gasteiger partial charge in [-0.2, -0.15) is 0 Å². The van der Waals surface area contributed by atoms with E-state index in [1.54, 1.807) is 0 Å². The van der Waals surface area contributed by atoms with E-state index in [1.165, 1.54) is 11.1 Å². The van der Waals surface area contributed by atoms with Crippen LogP contribution in [0.2, 0.25) is 0 Å². The minimum atomic E-state index is 0.0445. The van der Waals surface area contributed by atoms with E-state index in [-0.39, 0.29) is 12.1 Å². The standard InChI is InChI=1S/C17H18BrNO/c1-3-12-4-9-16-15(10-12)19-11(2)17(20-16)13-5-7-14(18)8-6-13/h4-11,17,19H,3H2,1-2H3. The van der Waals surface area contributed by atoms with E-state index >= 15 is 0 Å². The second kappa shape index (κ2) is 5.49. The average Bonchev–Trinajstić information content (AvgIpc) is 2.47. The molecule has 0 saturated carbocycles. The summed E-state index contributed by atoms with van der Waals surface area (Å²) in [6.07, 6.45) is 1.09. The molecule has 1 heterocycles. The Hall–Kier alpha value is -1.48. The molecule has 2 atom stereocenters. The predicted molar refractivity (Wildman–Crippen MR) is 86.4 cm³/mol. The SMILES string of the molecule is CCc1ccc2c(c1)NC(C)C(c1ccc(Br)cc1)O2. The van der Waals surface area contributed by atoms with Crippen LogP contribution in [0.25, 0.3) is 0 Å². The summed E-state index contributed by atoms with van der Waals surface area (Å²) >= 11 is 3.47. The molecule has 0 aromatic heterocycles. The van der Waals surface area contributed by atoms with Crippen LogP contribution in [-0.2, 0) is 6.42 Å².